The van der Waals surface area contributed by atoms with Crippen molar-refractivity contribution in [1.29, 1.82) is 0 Å². The van der Waals surface area contributed by atoms with Gasteiger partial charge in [-0.05, 0) is 25.1 Å². The maximum atomic E-state index is 12.1. The van der Waals surface area contributed by atoms with E-state index < -0.39 is 44.1 Å². The molecule has 2 heterocycles. The van der Waals surface area contributed by atoms with Gasteiger partial charge in [-0.2, -0.15) is 0 Å². The molecule has 1 saturated heterocycles. The molecule has 0 saturated carbocycles. The van der Waals surface area contributed by atoms with Crippen molar-refractivity contribution in [3.63, 3.8) is 0 Å². The number of aryl methyl sites for hydroxylation is 1. The van der Waals surface area contributed by atoms with Gasteiger partial charge in [-0.25, -0.2) is 4.79 Å². The predicted molar refractivity (Wildman–Crippen MR) is 99.8 cm³/mol. The Labute approximate surface area is 153 Å². The van der Waals surface area contributed by atoms with E-state index in [4.69, 9.17) is 9.16 Å². The molecule has 26 heavy (non-hydrogen) atoms. The van der Waals surface area contributed by atoms with Crippen LogP contribution in [0.5, 0.6) is 0 Å². The fourth-order valence-corrected chi connectivity index (χ4v) is 3.69. The number of hydrogen-bond acceptors (Lipinski definition) is 6. The lowest BCUT2D eigenvalue weighted by Crippen LogP contribution is -2.50. The lowest BCUT2D eigenvalue weighted by atomic mass is 9.96. The molecule has 0 unspecified atom stereocenters. The molecule has 8 nitrogen and oxygen atoms in total. The number of H-pyrrole nitrogens is 1. The number of aromatic nitrogens is 2. The Morgan fingerprint density at radius 1 is 1.42 bits per heavy atom. The zero-order valence-corrected chi connectivity index (χ0v) is 17.3. The third kappa shape index (κ3) is 4.01. The first-order valence-corrected chi connectivity index (χ1v) is 11.7. The summed E-state index contributed by atoms with van der Waals surface area (Å²) in [6, 6.07) is 0. The van der Waals surface area contributed by atoms with Crippen molar-refractivity contribution in [1.82, 2.24) is 9.55 Å². The van der Waals surface area contributed by atoms with Gasteiger partial charge in [0.25, 0.3) is 5.56 Å². The second-order valence-corrected chi connectivity index (χ2v) is 13.4. The van der Waals surface area contributed by atoms with E-state index in [1.54, 1.807) is 6.92 Å². The lowest BCUT2D eigenvalue weighted by Gasteiger charge is -2.39. The molecule has 0 aromatic carbocycles. The summed E-state index contributed by atoms with van der Waals surface area (Å²) < 4.78 is 13.1. The topological polar surface area (TPSA) is 114 Å². The van der Waals surface area contributed by atoms with Crippen molar-refractivity contribution in [3.8, 4) is 0 Å². The second-order valence-electron chi connectivity index (χ2n) is 8.60. The van der Waals surface area contributed by atoms with Crippen molar-refractivity contribution < 1.29 is 19.4 Å². The molecule has 9 heteroatoms. The molecule has 1 aromatic heterocycles. The van der Waals surface area contributed by atoms with Gasteiger partial charge in [0.1, 0.15) is 17.9 Å². The number of aliphatic hydroxyl groups is 2. The average molecular weight is 387 g/mol. The van der Waals surface area contributed by atoms with Crippen molar-refractivity contribution >= 4 is 8.32 Å². The third-order valence-electron chi connectivity index (χ3n) is 5.56. The molecule has 2 rings (SSSR count). The van der Waals surface area contributed by atoms with Crippen molar-refractivity contribution in [2.45, 2.75) is 70.2 Å². The first-order valence-electron chi connectivity index (χ1n) is 8.75. The monoisotopic (exact) mass is 386 g/mol. The van der Waals surface area contributed by atoms with Crippen LogP contribution in [0.15, 0.2) is 15.8 Å². The van der Waals surface area contributed by atoms with Gasteiger partial charge < -0.3 is 19.4 Å². The molecule has 0 radical (unpaired) electrons. The van der Waals surface area contributed by atoms with Crippen LogP contribution in [0.4, 0.5) is 0 Å². The Balaban J connectivity index is 2.24. The second kappa shape index (κ2) is 7.04. The summed E-state index contributed by atoms with van der Waals surface area (Å²) in [5.74, 6) is 0. The molecular formula is C17H30N2O6Si. The maximum absolute atomic E-state index is 12.1. The van der Waals surface area contributed by atoms with Gasteiger partial charge in [-0.15, -0.1) is 0 Å². The molecule has 0 amide bonds. The summed E-state index contributed by atoms with van der Waals surface area (Å²) in [6.45, 7) is 11.7. The molecule has 0 aliphatic carbocycles. The van der Waals surface area contributed by atoms with Crippen LogP contribution in [0, 0.1) is 6.92 Å². The summed E-state index contributed by atoms with van der Waals surface area (Å²) >= 11 is 0. The van der Waals surface area contributed by atoms with Crippen molar-refractivity contribution in [2.75, 3.05) is 13.2 Å². The summed E-state index contributed by atoms with van der Waals surface area (Å²) in [7, 11) is -2.10. The number of nitrogens with zero attached hydrogens (tertiary/aromatic N) is 1. The summed E-state index contributed by atoms with van der Waals surface area (Å²) in [4.78, 5) is 25.9. The maximum Gasteiger partial charge on any atom is 0.330 e. The smallest absolute Gasteiger partial charge is 0.330 e. The summed E-state index contributed by atoms with van der Waals surface area (Å²) in [5, 5.41) is 20.7. The molecule has 1 fully saturated rings. The number of nitrogens with one attached hydrogen (secondary N) is 1. The van der Waals surface area contributed by atoms with Crippen molar-refractivity contribution in [2.24, 2.45) is 0 Å². The zero-order chi connectivity index (χ0) is 19.9. The minimum Gasteiger partial charge on any atom is -0.414 e. The van der Waals surface area contributed by atoms with Crippen LogP contribution < -0.4 is 11.2 Å². The summed E-state index contributed by atoms with van der Waals surface area (Å²) in [5.41, 5.74) is -2.13. The van der Waals surface area contributed by atoms with Gasteiger partial charge in [0, 0.05) is 18.2 Å². The molecule has 0 spiro atoms. The van der Waals surface area contributed by atoms with Gasteiger partial charge in [0.05, 0.1) is 13.2 Å². The molecular weight excluding hydrogens is 356 g/mol. The highest BCUT2D eigenvalue weighted by Crippen LogP contribution is 2.40. The number of rotatable bonds is 5. The van der Waals surface area contributed by atoms with Crippen LogP contribution in [-0.4, -0.2) is 53.0 Å². The average Bonchev–Trinajstić information content (AvgIpc) is 2.85. The van der Waals surface area contributed by atoms with E-state index in [9.17, 15) is 19.8 Å². The predicted octanol–water partition coefficient (Wildman–Crippen LogP) is 0.878. The first-order chi connectivity index (χ1) is 11.8. The normalized spacial score (nSPS) is 27.1. The van der Waals surface area contributed by atoms with Crippen LogP contribution in [0.3, 0.4) is 0 Å². The van der Waals surface area contributed by atoms with Crippen LogP contribution >= 0.6 is 0 Å². The molecule has 0 bridgehead atoms. The zero-order valence-electron chi connectivity index (χ0n) is 16.3. The largest absolute Gasteiger partial charge is 0.414 e. The van der Waals surface area contributed by atoms with Gasteiger partial charge in [0.2, 0.25) is 0 Å². The first kappa shape index (κ1) is 21.0. The number of hydrogen-bond donors (Lipinski definition) is 3. The highest BCUT2D eigenvalue weighted by Gasteiger charge is 2.50. The Morgan fingerprint density at radius 2 is 2.04 bits per heavy atom. The van der Waals surface area contributed by atoms with Crippen LogP contribution in [0.2, 0.25) is 18.1 Å². The highest BCUT2D eigenvalue weighted by molar-refractivity contribution is 6.74. The van der Waals surface area contributed by atoms with E-state index in [-0.39, 0.29) is 18.1 Å². The van der Waals surface area contributed by atoms with E-state index >= 15 is 0 Å². The quantitative estimate of drug-likeness (QED) is 0.647. The third-order valence-corrected chi connectivity index (χ3v) is 10.0. The summed E-state index contributed by atoms with van der Waals surface area (Å²) in [6.07, 6.45) is -0.182. The fraction of sp³-hybridized carbons (Fsp3) is 0.765. The molecule has 3 atom stereocenters. The van der Waals surface area contributed by atoms with E-state index in [2.05, 4.69) is 38.8 Å². The van der Waals surface area contributed by atoms with Crippen LogP contribution in [0.1, 0.15) is 39.0 Å². The lowest BCUT2D eigenvalue weighted by molar-refractivity contribution is -0.0984. The van der Waals surface area contributed by atoms with Gasteiger partial charge in [-0.3, -0.25) is 14.3 Å². The Morgan fingerprint density at radius 3 is 2.58 bits per heavy atom. The van der Waals surface area contributed by atoms with Crippen molar-refractivity contribution in [3.05, 3.63) is 32.6 Å². The molecule has 1 aliphatic heterocycles. The standard InChI is InChI=1S/C17H30N2O6Si/c1-11-8-19(15(22)18-14(11)21)13-7-17(23,12(9-20)25-13)10-24-26(5,6)16(2,3)4/h8,12-13,20,23H,7,9-10H2,1-6H3,(H,18,21,22)/t12-,13-,17-/m1/s1. The fourth-order valence-electron chi connectivity index (χ4n) is 2.65. The van der Waals surface area contributed by atoms with Crippen LogP contribution in [0.25, 0.3) is 0 Å². The van der Waals surface area contributed by atoms with E-state index in [0.717, 1.165) is 0 Å². The van der Waals surface area contributed by atoms with Crippen LogP contribution in [-0.2, 0) is 9.16 Å². The number of aliphatic hydroxyl groups excluding tert-OH is 1. The van der Waals surface area contributed by atoms with E-state index in [0.29, 0.717) is 5.56 Å². The molecule has 3 N–H and O–H groups in total. The minimum atomic E-state index is -2.10. The SMILES string of the molecule is Cc1cn([C@H]2C[C@@](O)(CO[Si](C)(C)C(C)(C)C)[C@@H](CO)O2)c(=O)[nH]c1=O. The van der Waals surface area contributed by atoms with Gasteiger partial charge >= 0.3 is 5.69 Å². The number of aromatic amines is 1. The van der Waals surface area contributed by atoms with E-state index in [1.165, 1.54) is 10.8 Å². The van der Waals surface area contributed by atoms with E-state index in [1.807, 2.05) is 0 Å². The molecule has 1 aliphatic rings. The Kier molecular flexibility index (Phi) is 5.70. The Hall–Kier alpha value is -1.26. The van der Waals surface area contributed by atoms with Gasteiger partial charge in [-0.1, -0.05) is 20.8 Å². The molecule has 148 valence electrons. The molecule has 1 aromatic rings. The van der Waals surface area contributed by atoms with Gasteiger partial charge in [0.15, 0.2) is 8.32 Å². The minimum absolute atomic E-state index is 0.0162. The Bertz CT molecular complexity index is 766. The highest BCUT2D eigenvalue weighted by atomic mass is 28.4. The number of ether oxygens (including phenoxy) is 1.